The van der Waals surface area contributed by atoms with E-state index in [-0.39, 0.29) is 5.91 Å². The minimum absolute atomic E-state index is 0.286. The lowest BCUT2D eigenvalue weighted by Gasteiger charge is -2.13. The van der Waals surface area contributed by atoms with Crippen LogP contribution in [0.1, 0.15) is 6.92 Å². The number of rotatable bonds is 6. The Morgan fingerprint density at radius 1 is 1.04 bits per heavy atom. The summed E-state index contributed by atoms with van der Waals surface area (Å²) in [6.07, 6.45) is -0.669. The lowest BCUT2D eigenvalue weighted by atomic mass is 10.2. The highest BCUT2D eigenvalue weighted by atomic mass is 32.1. The van der Waals surface area contributed by atoms with Crippen LogP contribution in [0.15, 0.2) is 54.6 Å². The minimum atomic E-state index is -0.669. The van der Waals surface area contributed by atoms with E-state index in [1.807, 2.05) is 30.3 Å². The van der Waals surface area contributed by atoms with Gasteiger partial charge in [-0.2, -0.15) is 0 Å². The Bertz CT molecular complexity index is 834. The predicted molar refractivity (Wildman–Crippen MR) is 97.1 cm³/mol. The number of hydrogen-bond acceptors (Lipinski definition) is 6. The number of carbonyl (C=O) groups excluding carboxylic acids is 1. The van der Waals surface area contributed by atoms with Crippen molar-refractivity contribution >= 4 is 22.4 Å². The minimum Gasteiger partial charge on any atom is -0.497 e. The zero-order valence-electron chi connectivity index (χ0n) is 13.8. The number of nitrogens with zero attached hydrogens (tertiary/aromatic N) is 2. The van der Waals surface area contributed by atoms with Gasteiger partial charge in [-0.05, 0) is 31.2 Å². The van der Waals surface area contributed by atoms with E-state index < -0.39 is 6.10 Å². The predicted octanol–water partition coefficient (Wildman–Crippen LogP) is 3.62. The molecule has 3 rings (SSSR count). The van der Waals surface area contributed by atoms with Gasteiger partial charge in [0, 0.05) is 5.56 Å². The van der Waals surface area contributed by atoms with Crippen molar-refractivity contribution in [1.29, 1.82) is 0 Å². The number of hydrogen-bond donors (Lipinski definition) is 1. The van der Waals surface area contributed by atoms with E-state index in [1.165, 1.54) is 11.3 Å². The van der Waals surface area contributed by atoms with Gasteiger partial charge < -0.3 is 9.47 Å². The Labute approximate surface area is 149 Å². The van der Waals surface area contributed by atoms with Crippen LogP contribution in [0, 0.1) is 0 Å². The molecular weight excluding hydrogens is 338 g/mol. The van der Waals surface area contributed by atoms with Gasteiger partial charge in [-0.25, -0.2) is 0 Å². The number of amides is 1. The molecule has 0 bridgehead atoms. The molecule has 0 saturated carbocycles. The van der Waals surface area contributed by atoms with Gasteiger partial charge in [0.05, 0.1) is 7.11 Å². The maximum atomic E-state index is 12.3. The zero-order valence-corrected chi connectivity index (χ0v) is 14.6. The second-order valence-corrected chi connectivity index (χ2v) is 6.18. The van der Waals surface area contributed by atoms with Gasteiger partial charge in [0.2, 0.25) is 5.13 Å². The highest BCUT2D eigenvalue weighted by Gasteiger charge is 2.17. The first kappa shape index (κ1) is 16.9. The molecular formula is C18H17N3O3S. The maximum Gasteiger partial charge on any atom is 0.266 e. The molecule has 0 unspecified atom stereocenters. The summed E-state index contributed by atoms with van der Waals surface area (Å²) >= 11 is 1.32. The first-order valence-electron chi connectivity index (χ1n) is 7.66. The van der Waals surface area contributed by atoms with E-state index in [0.29, 0.717) is 10.9 Å². The van der Waals surface area contributed by atoms with Crippen molar-refractivity contribution in [2.24, 2.45) is 0 Å². The van der Waals surface area contributed by atoms with Crippen molar-refractivity contribution in [1.82, 2.24) is 10.2 Å². The molecule has 128 valence electrons. The number of carbonyl (C=O) groups is 1. The lowest BCUT2D eigenvalue weighted by Crippen LogP contribution is -2.30. The van der Waals surface area contributed by atoms with E-state index in [1.54, 1.807) is 38.3 Å². The molecule has 0 aliphatic carbocycles. The Morgan fingerprint density at radius 3 is 2.40 bits per heavy atom. The molecule has 3 aromatic rings. The van der Waals surface area contributed by atoms with Crippen molar-refractivity contribution in [2.45, 2.75) is 13.0 Å². The second-order valence-electron chi connectivity index (χ2n) is 5.20. The quantitative estimate of drug-likeness (QED) is 0.731. The summed E-state index contributed by atoms with van der Waals surface area (Å²) in [5, 5.41) is 12.0. The Kier molecular flexibility index (Phi) is 5.25. The van der Waals surface area contributed by atoms with Crippen LogP contribution >= 0.6 is 11.3 Å². The zero-order chi connectivity index (χ0) is 17.6. The van der Waals surface area contributed by atoms with E-state index in [2.05, 4.69) is 15.5 Å². The molecule has 0 radical (unpaired) electrons. The van der Waals surface area contributed by atoms with Crippen LogP contribution in [0.25, 0.3) is 10.6 Å². The number of ether oxygens (including phenoxy) is 2. The SMILES string of the molecule is COc1ccc(O[C@@H](C)C(=O)Nc2nnc(-c3ccccc3)s2)cc1. The van der Waals surface area contributed by atoms with Gasteiger partial charge >= 0.3 is 0 Å². The molecule has 0 saturated heterocycles. The highest BCUT2D eigenvalue weighted by molar-refractivity contribution is 7.18. The van der Waals surface area contributed by atoms with E-state index in [0.717, 1.165) is 16.3 Å². The molecule has 2 aromatic carbocycles. The average molecular weight is 355 g/mol. The molecule has 1 amide bonds. The molecule has 25 heavy (non-hydrogen) atoms. The van der Waals surface area contributed by atoms with Crippen LogP contribution < -0.4 is 14.8 Å². The van der Waals surface area contributed by atoms with Gasteiger partial charge in [-0.3, -0.25) is 10.1 Å². The Hall–Kier alpha value is -2.93. The third-order valence-corrected chi connectivity index (χ3v) is 4.31. The topological polar surface area (TPSA) is 73.3 Å². The Balaban J connectivity index is 1.60. The summed E-state index contributed by atoms with van der Waals surface area (Å²) in [4.78, 5) is 12.3. The van der Waals surface area contributed by atoms with Crippen molar-refractivity contribution in [3.8, 4) is 22.1 Å². The first-order valence-corrected chi connectivity index (χ1v) is 8.48. The standard InChI is InChI=1S/C18H17N3O3S/c1-12(24-15-10-8-14(23-2)9-11-15)16(22)19-18-21-20-17(25-18)13-6-4-3-5-7-13/h3-12H,1-2H3,(H,19,21,22)/t12-/m0/s1. The van der Waals surface area contributed by atoms with Crippen molar-refractivity contribution < 1.29 is 14.3 Å². The smallest absolute Gasteiger partial charge is 0.266 e. The Morgan fingerprint density at radius 2 is 1.72 bits per heavy atom. The van der Waals surface area contributed by atoms with Gasteiger partial charge in [0.15, 0.2) is 6.10 Å². The molecule has 1 aromatic heterocycles. The molecule has 6 nitrogen and oxygen atoms in total. The number of anilines is 1. The summed E-state index contributed by atoms with van der Waals surface area (Å²) in [5.74, 6) is 1.03. The summed E-state index contributed by atoms with van der Waals surface area (Å²) < 4.78 is 10.7. The van der Waals surface area contributed by atoms with Crippen LogP contribution in [-0.4, -0.2) is 29.3 Å². The fraction of sp³-hybridized carbons (Fsp3) is 0.167. The molecule has 0 aliphatic heterocycles. The molecule has 1 heterocycles. The van der Waals surface area contributed by atoms with Crippen LogP contribution in [-0.2, 0) is 4.79 Å². The summed E-state index contributed by atoms with van der Waals surface area (Å²) in [6.45, 7) is 1.68. The number of methoxy groups -OCH3 is 1. The summed E-state index contributed by atoms with van der Waals surface area (Å²) in [5.41, 5.74) is 0.961. The van der Waals surface area contributed by atoms with Gasteiger partial charge in [-0.1, -0.05) is 41.7 Å². The van der Waals surface area contributed by atoms with Gasteiger partial charge in [-0.15, -0.1) is 10.2 Å². The van der Waals surface area contributed by atoms with Gasteiger partial charge in [0.25, 0.3) is 5.91 Å². The van der Waals surface area contributed by atoms with Crippen LogP contribution in [0.4, 0.5) is 5.13 Å². The largest absolute Gasteiger partial charge is 0.497 e. The number of nitrogens with one attached hydrogen (secondary N) is 1. The maximum absolute atomic E-state index is 12.3. The molecule has 7 heteroatoms. The van der Waals surface area contributed by atoms with Crippen molar-refractivity contribution in [3.63, 3.8) is 0 Å². The monoisotopic (exact) mass is 355 g/mol. The third kappa shape index (κ3) is 4.33. The van der Waals surface area contributed by atoms with Crippen LogP contribution in [0.2, 0.25) is 0 Å². The molecule has 1 atom stereocenters. The van der Waals surface area contributed by atoms with E-state index in [4.69, 9.17) is 9.47 Å². The number of aromatic nitrogens is 2. The lowest BCUT2D eigenvalue weighted by molar-refractivity contribution is -0.122. The second kappa shape index (κ2) is 7.76. The molecule has 1 N–H and O–H groups in total. The summed E-state index contributed by atoms with van der Waals surface area (Å²) in [6, 6.07) is 16.7. The van der Waals surface area contributed by atoms with Crippen LogP contribution in [0.3, 0.4) is 0 Å². The summed E-state index contributed by atoms with van der Waals surface area (Å²) in [7, 11) is 1.59. The van der Waals surface area contributed by atoms with E-state index >= 15 is 0 Å². The van der Waals surface area contributed by atoms with Crippen LogP contribution in [0.5, 0.6) is 11.5 Å². The fourth-order valence-corrected chi connectivity index (χ4v) is 2.84. The first-order chi connectivity index (χ1) is 12.2. The van der Waals surface area contributed by atoms with E-state index in [9.17, 15) is 4.79 Å². The third-order valence-electron chi connectivity index (χ3n) is 3.42. The highest BCUT2D eigenvalue weighted by Crippen LogP contribution is 2.26. The molecule has 0 aliphatic rings. The molecule has 0 fully saturated rings. The van der Waals surface area contributed by atoms with Crippen molar-refractivity contribution in [2.75, 3.05) is 12.4 Å². The van der Waals surface area contributed by atoms with Crippen molar-refractivity contribution in [3.05, 3.63) is 54.6 Å². The average Bonchev–Trinajstić information content (AvgIpc) is 3.11. The normalized spacial score (nSPS) is 11.6. The fourth-order valence-electron chi connectivity index (χ4n) is 2.09. The molecule has 0 spiro atoms. The van der Waals surface area contributed by atoms with Gasteiger partial charge in [0.1, 0.15) is 16.5 Å². The number of benzene rings is 2.